The smallest absolute Gasteiger partial charge is 0.255 e. The predicted octanol–water partition coefficient (Wildman–Crippen LogP) is 5.47. The number of methoxy groups -OCH3 is 1. The highest BCUT2D eigenvalue weighted by Gasteiger charge is 2.10. The number of amides is 1. The van der Waals surface area contributed by atoms with Crippen molar-refractivity contribution in [3.63, 3.8) is 0 Å². The molecule has 156 valence electrons. The first-order valence-corrected chi connectivity index (χ1v) is 10.8. The van der Waals surface area contributed by atoms with Gasteiger partial charge in [-0.2, -0.15) is 0 Å². The van der Waals surface area contributed by atoms with Gasteiger partial charge >= 0.3 is 0 Å². The summed E-state index contributed by atoms with van der Waals surface area (Å²) >= 11 is 7.65. The molecule has 0 aliphatic rings. The summed E-state index contributed by atoms with van der Waals surface area (Å²) in [6.07, 6.45) is 1.67. The van der Waals surface area contributed by atoms with Gasteiger partial charge in [-0.15, -0.1) is 10.2 Å². The van der Waals surface area contributed by atoms with Crippen LogP contribution >= 0.6 is 23.4 Å². The van der Waals surface area contributed by atoms with Gasteiger partial charge in [-0.1, -0.05) is 41.6 Å². The van der Waals surface area contributed by atoms with Crippen LogP contribution in [0, 0.1) is 0 Å². The van der Waals surface area contributed by atoms with Gasteiger partial charge < -0.3 is 10.1 Å². The van der Waals surface area contributed by atoms with Gasteiger partial charge in [-0.3, -0.25) is 9.36 Å². The number of hydrogen-bond acceptors (Lipinski definition) is 5. The fourth-order valence-corrected chi connectivity index (χ4v) is 3.97. The van der Waals surface area contributed by atoms with Crippen molar-refractivity contribution in [3.05, 3.63) is 95.3 Å². The molecule has 1 heterocycles. The van der Waals surface area contributed by atoms with Crippen LogP contribution in [-0.2, 0) is 5.75 Å². The fourth-order valence-electron chi connectivity index (χ4n) is 2.90. The number of benzene rings is 3. The van der Waals surface area contributed by atoms with Gasteiger partial charge in [-0.05, 0) is 60.2 Å². The molecule has 0 spiro atoms. The SMILES string of the molecule is COc1ccc(NC(=O)c2ccc(CSc3nncn3-c3cccc(Cl)c3)cc2)cc1. The Kier molecular flexibility index (Phi) is 6.54. The number of nitrogens with one attached hydrogen (secondary N) is 1. The second-order valence-electron chi connectivity index (χ2n) is 6.63. The maximum atomic E-state index is 12.5. The summed E-state index contributed by atoms with van der Waals surface area (Å²) < 4.78 is 7.02. The van der Waals surface area contributed by atoms with Gasteiger partial charge in [0.1, 0.15) is 12.1 Å². The zero-order valence-corrected chi connectivity index (χ0v) is 18.2. The van der Waals surface area contributed by atoms with Crippen molar-refractivity contribution in [2.75, 3.05) is 12.4 Å². The molecular formula is C23H19ClN4O2S. The van der Waals surface area contributed by atoms with Crippen LogP contribution in [0.5, 0.6) is 5.75 Å². The van der Waals surface area contributed by atoms with E-state index < -0.39 is 0 Å². The van der Waals surface area contributed by atoms with Crippen LogP contribution in [0.3, 0.4) is 0 Å². The molecule has 4 aromatic rings. The Hall–Kier alpha value is -3.29. The van der Waals surface area contributed by atoms with Crippen LogP contribution in [0.4, 0.5) is 5.69 Å². The van der Waals surface area contributed by atoms with Crippen molar-refractivity contribution in [2.45, 2.75) is 10.9 Å². The summed E-state index contributed by atoms with van der Waals surface area (Å²) in [5, 5.41) is 12.5. The quantitative estimate of drug-likeness (QED) is 0.378. The molecule has 1 N–H and O–H groups in total. The Labute approximate surface area is 189 Å². The normalized spacial score (nSPS) is 10.6. The summed E-state index contributed by atoms with van der Waals surface area (Å²) in [6, 6.07) is 22.3. The van der Waals surface area contributed by atoms with E-state index in [0.717, 1.165) is 22.2 Å². The molecule has 0 saturated carbocycles. The molecule has 8 heteroatoms. The second kappa shape index (κ2) is 9.68. The number of ether oxygens (including phenoxy) is 1. The average Bonchev–Trinajstić information content (AvgIpc) is 3.27. The monoisotopic (exact) mass is 450 g/mol. The summed E-state index contributed by atoms with van der Waals surface area (Å²) in [4.78, 5) is 12.5. The average molecular weight is 451 g/mol. The molecule has 6 nitrogen and oxygen atoms in total. The van der Waals surface area contributed by atoms with Gasteiger partial charge in [0.05, 0.1) is 12.8 Å². The highest BCUT2D eigenvalue weighted by Crippen LogP contribution is 2.25. The molecule has 1 aromatic heterocycles. The van der Waals surface area contributed by atoms with E-state index in [2.05, 4.69) is 15.5 Å². The molecule has 0 atom stereocenters. The van der Waals surface area contributed by atoms with E-state index in [1.54, 1.807) is 49.5 Å². The summed E-state index contributed by atoms with van der Waals surface area (Å²) in [7, 11) is 1.61. The molecular weight excluding hydrogens is 432 g/mol. The number of anilines is 1. The summed E-state index contributed by atoms with van der Waals surface area (Å²) in [5.74, 6) is 1.27. The minimum absolute atomic E-state index is 0.162. The summed E-state index contributed by atoms with van der Waals surface area (Å²) in [6.45, 7) is 0. The van der Waals surface area contributed by atoms with Crippen molar-refractivity contribution in [3.8, 4) is 11.4 Å². The van der Waals surface area contributed by atoms with Gasteiger partial charge in [0.15, 0.2) is 5.16 Å². The Morgan fingerprint density at radius 3 is 2.58 bits per heavy atom. The largest absolute Gasteiger partial charge is 0.497 e. The van der Waals surface area contributed by atoms with Gasteiger partial charge in [0.2, 0.25) is 0 Å². The van der Waals surface area contributed by atoms with Gasteiger partial charge in [0.25, 0.3) is 5.91 Å². The molecule has 31 heavy (non-hydrogen) atoms. The number of nitrogens with zero attached hydrogens (tertiary/aromatic N) is 3. The van der Waals surface area contributed by atoms with E-state index in [9.17, 15) is 4.79 Å². The van der Waals surface area contributed by atoms with E-state index >= 15 is 0 Å². The fraction of sp³-hybridized carbons (Fsp3) is 0.0870. The number of carbonyl (C=O) groups is 1. The zero-order chi connectivity index (χ0) is 21.6. The lowest BCUT2D eigenvalue weighted by Crippen LogP contribution is -2.11. The van der Waals surface area contributed by atoms with Crippen LogP contribution in [0.15, 0.2) is 84.3 Å². The van der Waals surface area contributed by atoms with E-state index in [1.165, 1.54) is 0 Å². The lowest BCUT2D eigenvalue weighted by molar-refractivity contribution is 0.102. The van der Waals surface area contributed by atoms with Gasteiger partial charge in [-0.25, -0.2) is 0 Å². The predicted molar refractivity (Wildman–Crippen MR) is 123 cm³/mol. The van der Waals surface area contributed by atoms with Gasteiger partial charge in [0, 0.05) is 22.0 Å². The Bertz CT molecular complexity index is 1180. The molecule has 3 aromatic carbocycles. The number of thioether (sulfide) groups is 1. The van der Waals surface area contributed by atoms with Crippen molar-refractivity contribution in [1.82, 2.24) is 14.8 Å². The molecule has 0 saturated heterocycles. The third-order valence-electron chi connectivity index (χ3n) is 4.53. The molecule has 0 unspecified atom stereocenters. The number of carbonyl (C=O) groups excluding carboxylic acids is 1. The highest BCUT2D eigenvalue weighted by molar-refractivity contribution is 7.98. The lowest BCUT2D eigenvalue weighted by atomic mass is 10.1. The van der Waals surface area contributed by atoms with Crippen molar-refractivity contribution >= 4 is 35.0 Å². The van der Waals surface area contributed by atoms with Crippen LogP contribution in [-0.4, -0.2) is 27.8 Å². The third-order valence-corrected chi connectivity index (χ3v) is 5.78. The van der Waals surface area contributed by atoms with Crippen LogP contribution in [0.25, 0.3) is 5.69 Å². The third kappa shape index (κ3) is 5.25. The van der Waals surface area contributed by atoms with Crippen LogP contribution in [0.2, 0.25) is 5.02 Å². The molecule has 4 rings (SSSR count). The maximum absolute atomic E-state index is 12.5. The van der Waals surface area contributed by atoms with E-state index in [0.29, 0.717) is 22.0 Å². The zero-order valence-electron chi connectivity index (χ0n) is 16.7. The number of rotatable bonds is 7. The topological polar surface area (TPSA) is 69.0 Å². The first kappa shape index (κ1) is 21.0. The Balaban J connectivity index is 1.38. The number of halogens is 1. The van der Waals surface area contributed by atoms with E-state index in [4.69, 9.17) is 16.3 Å². The molecule has 0 bridgehead atoms. The van der Waals surface area contributed by atoms with E-state index in [1.807, 2.05) is 53.1 Å². The van der Waals surface area contributed by atoms with Crippen LogP contribution in [0.1, 0.15) is 15.9 Å². The maximum Gasteiger partial charge on any atom is 0.255 e. The Morgan fingerprint density at radius 2 is 1.87 bits per heavy atom. The van der Waals surface area contributed by atoms with Crippen molar-refractivity contribution < 1.29 is 9.53 Å². The number of aromatic nitrogens is 3. The second-order valence-corrected chi connectivity index (χ2v) is 8.01. The molecule has 0 aliphatic carbocycles. The van der Waals surface area contributed by atoms with E-state index in [-0.39, 0.29) is 5.91 Å². The first-order chi connectivity index (χ1) is 15.1. The molecule has 0 radical (unpaired) electrons. The van der Waals surface area contributed by atoms with Crippen molar-refractivity contribution in [2.24, 2.45) is 0 Å². The first-order valence-electron chi connectivity index (χ1n) is 9.45. The van der Waals surface area contributed by atoms with Crippen molar-refractivity contribution in [1.29, 1.82) is 0 Å². The molecule has 0 fully saturated rings. The molecule has 0 aliphatic heterocycles. The van der Waals surface area contributed by atoms with Crippen LogP contribution < -0.4 is 10.1 Å². The Morgan fingerprint density at radius 1 is 1.10 bits per heavy atom. The lowest BCUT2D eigenvalue weighted by Gasteiger charge is -2.08. The summed E-state index contributed by atoms with van der Waals surface area (Å²) in [5.41, 5.74) is 3.29. The standard InChI is InChI=1S/C23H19ClN4O2S/c1-30-21-11-9-19(10-12-21)26-22(29)17-7-5-16(6-8-17)14-31-23-27-25-15-28(23)20-4-2-3-18(24)13-20/h2-13,15H,14H2,1H3,(H,26,29). The minimum Gasteiger partial charge on any atom is -0.497 e. The molecule has 1 amide bonds. The highest BCUT2D eigenvalue weighted by atomic mass is 35.5. The number of hydrogen-bond donors (Lipinski definition) is 1. The minimum atomic E-state index is -0.162.